The average molecular weight is 239 g/mol. The Morgan fingerprint density at radius 3 is 2.59 bits per heavy atom. The molecule has 3 aromatic heterocycles. The minimum atomic E-state index is 0.663. The quantitative estimate of drug-likeness (QED) is 0.689. The molecular formula is C13H9N3S. The molecule has 0 saturated carbocycles. The number of aromatic nitrogens is 3. The molecule has 3 heterocycles. The van der Waals surface area contributed by atoms with Crippen LogP contribution in [-0.4, -0.2) is 15.0 Å². The summed E-state index contributed by atoms with van der Waals surface area (Å²) in [5.74, 6) is 0.663. The van der Waals surface area contributed by atoms with Crippen LogP contribution in [0.1, 0.15) is 0 Å². The van der Waals surface area contributed by atoms with Crippen LogP contribution in [0.5, 0.6) is 0 Å². The molecule has 82 valence electrons. The van der Waals surface area contributed by atoms with E-state index in [1.807, 2.05) is 35.7 Å². The maximum atomic E-state index is 4.52. The van der Waals surface area contributed by atoms with Crippen LogP contribution in [0.4, 0.5) is 0 Å². The van der Waals surface area contributed by atoms with E-state index in [1.54, 1.807) is 23.7 Å². The van der Waals surface area contributed by atoms with Gasteiger partial charge in [-0.15, -0.1) is 11.3 Å². The lowest BCUT2D eigenvalue weighted by Gasteiger charge is -2.00. The third-order valence-electron chi connectivity index (χ3n) is 2.32. The van der Waals surface area contributed by atoms with Gasteiger partial charge in [0.25, 0.3) is 0 Å². The molecule has 17 heavy (non-hydrogen) atoms. The summed E-state index contributed by atoms with van der Waals surface area (Å²) in [6.45, 7) is 0. The predicted octanol–water partition coefficient (Wildman–Crippen LogP) is 3.27. The standard InChI is InChI=1S/C13H9N3S/c1-2-7-14-11(4-1)13-15-8-6-10(16-13)12-5-3-9-17-12/h1-9H. The Morgan fingerprint density at radius 1 is 0.824 bits per heavy atom. The molecule has 0 spiro atoms. The van der Waals surface area contributed by atoms with Gasteiger partial charge in [0.05, 0.1) is 10.6 Å². The zero-order valence-corrected chi connectivity index (χ0v) is 9.76. The summed E-state index contributed by atoms with van der Waals surface area (Å²) < 4.78 is 0. The Kier molecular flexibility index (Phi) is 2.63. The second-order valence-corrected chi connectivity index (χ2v) is 4.41. The summed E-state index contributed by atoms with van der Waals surface area (Å²) in [6, 6.07) is 11.7. The van der Waals surface area contributed by atoms with Gasteiger partial charge in [0.15, 0.2) is 5.82 Å². The molecule has 0 saturated heterocycles. The van der Waals surface area contributed by atoms with E-state index in [-0.39, 0.29) is 0 Å². The Balaban J connectivity index is 2.06. The molecule has 3 aromatic rings. The predicted molar refractivity (Wildman–Crippen MR) is 68.6 cm³/mol. The molecule has 0 aliphatic carbocycles. The van der Waals surface area contributed by atoms with Crippen LogP contribution in [0.15, 0.2) is 54.2 Å². The first-order valence-electron chi connectivity index (χ1n) is 5.22. The number of nitrogens with zero attached hydrogens (tertiary/aromatic N) is 3. The molecule has 0 aliphatic heterocycles. The highest BCUT2D eigenvalue weighted by Crippen LogP contribution is 2.23. The second-order valence-electron chi connectivity index (χ2n) is 3.46. The average Bonchev–Trinajstić information content (AvgIpc) is 2.94. The fourth-order valence-electron chi connectivity index (χ4n) is 1.54. The number of rotatable bonds is 2. The van der Waals surface area contributed by atoms with Crippen LogP contribution < -0.4 is 0 Å². The van der Waals surface area contributed by atoms with Gasteiger partial charge in [0.1, 0.15) is 5.69 Å². The van der Waals surface area contributed by atoms with E-state index in [2.05, 4.69) is 21.0 Å². The normalized spacial score (nSPS) is 10.4. The zero-order chi connectivity index (χ0) is 11.5. The van der Waals surface area contributed by atoms with Gasteiger partial charge < -0.3 is 0 Å². The summed E-state index contributed by atoms with van der Waals surface area (Å²) >= 11 is 1.67. The van der Waals surface area contributed by atoms with Crippen molar-refractivity contribution < 1.29 is 0 Å². The molecule has 4 heteroatoms. The molecule has 0 radical (unpaired) electrons. The van der Waals surface area contributed by atoms with Crippen molar-refractivity contribution in [3.05, 3.63) is 54.2 Å². The van der Waals surface area contributed by atoms with Crippen molar-refractivity contribution in [1.82, 2.24) is 15.0 Å². The molecule has 3 nitrogen and oxygen atoms in total. The molecule has 0 bridgehead atoms. The molecule has 3 rings (SSSR count). The summed E-state index contributed by atoms with van der Waals surface area (Å²) in [7, 11) is 0. The van der Waals surface area contributed by atoms with Crippen molar-refractivity contribution in [3.8, 4) is 22.1 Å². The molecule has 0 aromatic carbocycles. The van der Waals surface area contributed by atoms with E-state index < -0.39 is 0 Å². The first kappa shape index (κ1) is 10.1. The fraction of sp³-hybridized carbons (Fsp3) is 0. The van der Waals surface area contributed by atoms with Gasteiger partial charge in [-0.3, -0.25) is 4.98 Å². The number of pyridine rings is 1. The number of hydrogen-bond acceptors (Lipinski definition) is 4. The minimum absolute atomic E-state index is 0.663. The summed E-state index contributed by atoms with van der Waals surface area (Å²) in [5.41, 5.74) is 1.74. The van der Waals surface area contributed by atoms with Gasteiger partial charge in [-0.2, -0.15) is 0 Å². The maximum absolute atomic E-state index is 4.52. The van der Waals surface area contributed by atoms with E-state index >= 15 is 0 Å². The Hall–Kier alpha value is -2.07. The SMILES string of the molecule is c1ccc(-c2nccc(-c3cccs3)n2)nc1. The molecule has 0 N–H and O–H groups in total. The first-order chi connectivity index (χ1) is 8.43. The van der Waals surface area contributed by atoms with Crippen LogP contribution in [0, 0.1) is 0 Å². The van der Waals surface area contributed by atoms with Gasteiger partial charge in [0.2, 0.25) is 0 Å². The number of hydrogen-bond donors (Lipinski definition) is 0. The summed E-state index contributed by atoms with van der Waals surface area (Å²) in [6.07, 6.45) is 3.52. The van der Waals surface area contributed by atoms with Crippen LogP contribution in [0.2, 0.25) is 0 Å². The molecule has 0 amide bonds. The van der Waals surface area contributed by atoms with Crippen molar-refractivity contribution in [2.75, 3.05) is 0 Å². The van der Waals surface area contributed by atoms with Crippen LogP contribution in [0.3, 0.4) is 0 Å². The van der Waals surface area contributed by atoms with Gasteiger partial charge >= 0.3 is 0 Å². The molecule has 0 fully saturated rings. The lowest BCUT2D eigenvalue weighted by atomic mass is 10.3. The highest BCUT2D eigenvalue weighted by Gasteiger charge is 2.05. The van der Waals surface area contributed by atoms with E-state index in [0.29, 0.717) is 5.82 Å². The van der Waals surface area contributed by atoms with Crippen LogP contribution >= 0.6 is 11.3 Å². The third kappa shape index (κ3) is 2.07. The van der Waals surface area contributed by atoms with Gasteiger partial charge in [-0.25, -0.2) is 9.97 Å². The van der Waals surface area contributed by atoms with Crippen LogP contribution in [-0.2, 0) is 0 Å². The summed E-state index contributed by atoms with van der Waals surface area (Å²) in [4.78, 5) is 14.2. The smallest absolute Gasteiger partial charge is 0.178 e. The van der Waals surface area contributed by atoms with Gasteiger partial charge in [0, 0.05) is 12.4 Å². The van der Waals surface area contributed by atoms with E-state index in [4.69, 9.17) is 0 Å². The summed E-state index contributed by atoms with van der Waals surface area (Å²) in [5, 5.41) is 2.04. The van der Waals surface area contributed by atoms with Crippen molar-refractivity contribution in [2.45, 2.75) is 0 Å². The monoisotopic (exact) mass is 239 g/mol. The Morgan fingerprint density at radius 2 is 1.82 bits per heavy atom. The van der Waals surface area contributed by atoms with Crippen LogP contribution in [0.25, 0.3) is 22.1 Å². The lowest BCUT2D eigenvalue weighted by molar-refractivity contribution is 1.15. The molecule has 0 atom stereocenters. The fourth-order valence-corrected chi connectivity index (χ4v) is 2.23. The number of thiophene rings is 1. The molecule has 0 aliphatic rings. The topological polar surface area (TPSA) is 38.7 Å². The largest absolute Gasteiger partial charge is 0.253 e. The highest BCUT2D eigenvalue weighted by atomic mass is 32.1. The van der Waals surface area contributed by atoms with Crippen molar-refractivity contribution in [3.63, 3.8) is 0 Å². The van der Waals surface area contributed by atoms with E-state index in [9.17, 15) is 0 Å². The van der Waals surface area contributed by atoms with Crippen molar-refractivity contribution in [2.24, 2.45) is 0 Å². The zero-order valence-electron chi connectivity index (χ0n) is 8.95. The molecule has 0 unspecified atom stereocenters. The lowest BCUT2D eigenvalue weighted by Crippen LogP contribution is -1.92. The maximum Gasteiger partial charge on any atom is 0.178 e. The second kappa shape index (κ2) is 4.43. The van der Waals surface area contributed by atoms with E-state index in [1.165, 1.54) is 0 Å². The Labute approximate surface area is 103 Å². The molecular weight excluding hydrogens is 230 g/mol. The van der Waals surface area contributed by atoms with E-state index in [0.717, 1.165) is 16.3 Å². The minimum Gasteiger partial charge on any atom is -0.253 e. The van der Waals surface area contributed by atoms with Gasteiger partial charge in [-0.05, 0) is 29.6 Å². The van der Waals surface area contributed by atoms with Crippen molar-refractivity contribution >= 4 is 11.3 Å². The highest BCUT2D eigenvalue weighted by molar-refractivity contribution is 7.13. The Bertz CT molecular complexity index is 606. The third-order valence-corrected chi connectivity index (χ3v) is 3.22. The first-order valence-corrected chi connectivity index (χ1v) is 6.10. The van der Waals surface area contributed by atoms with Crippen molar-refractivity contribution in [1.29, 1.82) is 0 Å². The van der Waals surface area contributed by atoms with Gasteiger partial charge in [-0.1, -0.05) is 12.1 Å².